The molecule has 1 aromatic carbocycles. The van der Waals surface area contributed by atoms with Crippen LogP contribution in [-0.4, -0.2) is 29.6 Å². The first-order valence-electron chi connectivity index (χ1n) is 7.38. The molecule has 0 aliphatic carbocycles. The van der Waals surface area contributed by atoms with Crippen LogP contribution in [0.1, 0.15) is 37.3 Å². The molecule has 0 N–H and O–H groups in total. The molecule has 0 aliphatic rings. The van der Waals surface area contributed by atoms with E-state index in [9.17, 15) is 8.42 Å². The van der Waals surface area contributed by atoms with Crippen molar-refractivity contribution in [3.05, 3.63) is 47.8 Å². The summed E-state index contributed by atoms with van der Waals surface area (Å²) in [7, 11) is -0.0815. The number of nitrogens with zero attached hydrogens (tertiary/aromatic N) is 3. The van der Waals surface area contributed by atoms with Gasteiger partial charge in [-0.25, -0.2) is 8.42 Å². The summed E-state index contributed by atoms with van der Waals surface area (Å²) in [6.45, 7) is 4.57. The second kappa shape index (κ2) is 6.62. The van der Waals surface area contributed by atoms with Gasteiger partial charge in [0.25, 0.3) is 0 Å². The van der Waals surface area contributed by atoms with Crippen LogP contribution in [0.3, 0.4) is 0 Å². The molecular formula is C16H23N3O2S. The van der Waals surface area contributed by atoms with E-state index in [4.69, 9.17) is 0 Å². The number of hydrogen-bond donors (Lipinski definition) is 0. The van der Waals surface area contributed by atoms with Crippen molar-refractivity contribution in [2.45, 2.75) is 37.6 Å². The Labute approximate surface area is 132 Å². The Kier molecular flexibility index (Phi) is 5.03. The second-order valence-electron chi connectivity index (χ2n) is 5.66. The van der Waals surface area contributed by atoms with E-state index >= 15 is 0 Å². The number of aromatic nitrogens is 2. The highest BCUT2D eigenvalue weighted by molar-refractivity contribution is 7.89. The first-order chi connectivity index (χ1) is 10.3. The van der Waals surface area contributed by atoms with Gasteiger partial charge in [-0.05, 0) is 30.0 Å². The van der Waals surface area contributed by atoms with Crippen molar-refractivity contribution in [3.8, 4) is 0 Å². The molecule has 1 aromatic heterocycles. The van der Waals surface area contributed by atoms with Crippen LogP contribution in [-0.2, 0) is 23.6 Å². The lowest BCUT2D eigenvalue weighted by Gasteiger charge is -2.17. The normalized spacial score (nSPS) is 13.5. The maximum Gasteiger partial charge on any atom is 0.243 e. The van der Waals surface area contributed by atoms with Crippen LogP contribution in [0.2, 0.25) is 0 Å². The molecule has 6 heteroatoms. The number of sulfonamides is 1. The number of benzene rings is 1. The van der Waals surface area contributed by atoms with Crippen molar-refractivity contribution in [1.82, 2.24) is 14.1 Å². The predicted molar refractivity (Wildman–Crippen MR) is 87.0 cm³/mol. The summed E-state index contributed by atoms with van der Waals surface area (Å²) < 4.78 is 28.2. The second-order valence-corrected chi connectivity index (χ2v) is 7.71. The minimum absolute atomic E-state index is 0.309. The van der Waals surface area contributed by atoms with Gasteiger partial charge in [-0.1, -0.05) is 26.0 Å². The first-order valence-corrected chi connectivity index (χ1v) is 8.82. The zero-order valence-electron chi connectivity index (χ0n) is 13.5. The molecular weight excluding hydrogens is 298 g/mol. The molecule has 0 amide bonds. The molecule has 0 saturated carbocycles. The van der Waals surface area contributed by atoms with Crippen molar-refractivity contribution < 1.29 is 8.42 Å². The molecule has 0 fully saturated rings. The molecule has 120 valence electrons. The molecule has 1 heterocycles. The quantitative estimate of drug-likeness (QED) is 0.822. The minimum atomic E-state index is -3.48. The highest BCUT2D eigenvalue weighted by Gasteiger charge is 2.21. The third-order valence-electron chi connectivity index (χ3n) is 3.93. The smallest absolute Gasteiger partial charge is 0.243 e. The van der Waals surface area contributed by atoms with Gasteiger partial charge in [0, 0.05) is 32.4 Å². The SMILES string of the molecule is CCC(C)c1ccc(S(=O)(=O)N(C)Cc2cnn(C)c2)cc1. The van der Waals surface area contributed by atoms with E-state index < -0.39 is 10.0 Å². The average molecular weight is 321 g/mol. The van der Waals surface area contributed by atoms with Gasteiger partial charge in [-0.2, -0.15) is 9.40 Å². The largest absolute Gasteiger partial charge is 0.275 e. The third-order valence-corrected chi connectivity index (χ3v) is 5.75. The van der Waals surface area contributed by atoms with E-state index in [0.717, 1.165) is 17.5 Å². The van der Waals surface area contributed by atoms with E-state index in [1.807, 2.05) is 25.4 Å². The van der Waals surface area contributed by atoms with E-state index in [0.29, 0.717) is 17.4 Å². The molecule has 1 unspecified atom stereocenters. The third kappa shape index (κ3) is 3.56. The zero-order valence-corrected chi connectivity index (χ0v) is 14.3. The van der Waals surface area contributed by atoms with Crippen molar-refractivity contribution >= 4 is 10.0 Å². The van der Waals surface area contributed by atoms with Crippen LogP contribution in [0.4, 0.5) is 0 Å². The molecule has 0 bridgehead atoms. The lowest BCUT2D eigenvalue weighted by Crippen LogP contribution is -2.26. The Hall–Kier alpha value is -1.66. The maximum atomic E-state index is 12.6. The van der Waals surface area contributed by atoms with Crippen LogP contribution in [0.25, 0.3) is 0 Å². The van der Waals surface area contributed by atoms with Crippen LogP contribution >= 0.6 is 0 Å². The first kappa shape index (κ1) is 16.7. The summed E-state index contributed by atoms with van der Waals surface area (Å²) >= 11 is 0. The van der Waals surface area contributed by atoms with Gasteiger partial charge in [-0.15, -0.1) is 0 Å². The Bertz CT molecular complexity index is 720. The van der Waals surface area contributed by atoms with Crippen molar-refractivity contribution in [3.63, 3.8) is 0 Å². The van der Waals surface area contributed by atoms with Gasteiger partial charge in [-0.3, -0.25) is 4.68 Å². The van der Waals surface area contributed by atoms with Gasteiger partial charge in [0.2, 0.25) is 10.0 Å². The van der Waals surface area contributed by atoms with Crippen LogP contribution in [0.15, 0.2) is 41.6 Å². The molecule has 2 rings (SSSR count). The lowest BCUT2D eigenvalue weighted by atomic mass is 9.99. The fraction of sp³-hybridized carbons (Fsp3) is 0.438. The van der Waals surface area contributed by atoms with Crippen LogP contribution in [0.5, 0.6) is 0 Å². The van der Waals surface area contributed by atoms with E-state index in [-0.39, 0.29) is 0 Å². The van der Waals surface area contributed by atoms with Gasteiger partial charge in [0.1, 0.15) is 0 Å². The standard InChI is InChI=1S/C16H23N3O2S/c1-5-13(2)15-6-8-16(9-7-15)22(20,21)19(4)12-14-10-17-18(3)11-14/h6-11,13H,5,12H2,1-4H3. The molecule has 2 aromatic rings. The number of aryl methyl sites for hydroxylation is 1. The predicted octanol–water partition coefficient (Wildman–Crippen LogP) is 2.75. The Morgan fingerprint density at radius 1 is 1.27 bits per heavy atom. The van der Waals surface area contributed by atoms with Crippen molar-refractivity contribution in [2.75, 3.05) is 7.05 Å². The minimum Gasteiger partial charge on any atom is -0.275 e. The summed E-state index contributed by atoms with van der Waals surface area (Å²) in [5, 5.41) is 4.06. The van der Waals surface area contributed by atoms with Gasteiger partial charge >= 0.3 is 0 Å². The number of hydrogen-bond acceptors (Lipinski definition) is 3. The van der Waals surface area contributed by atoms with E-state index in [1.165, 1.54) is 4.31 Å². The monoisotopic (exact) mass is 321 g/mol. The fourth-order valence-corrected chi connectivity index (χ4v) is 3.44. The topological polar surface area (TPSA) is 55.2 Å². The summed E-state index contributed by atoms with van der Waals surface area (Å²) in [5.41, 5.74) is 2.03. The Balaban J connectivity index is 2.18. The molecule has 0 spiro atoms. The molecule has 22 heavy (non-hydrogen) atoms. The fourth-order valence-electron chi connectivity index (χ4n) is 2.28. The summed E-state index contributed by atoms with van der Waals surface area (Å²) in [6.07, 6.45) is 4.53. The molecule has 0 aliphatic heterocycles. The van der Waals surface area contributed by atoms with Gasteiger partial charge in [0.05, 0.1) is 11.1 Å². The van der Waals surface area contributed by atoms with Crippen LogP contribution < -0.4 is 0 Å². The Morgan fingerprint density at radius 3 is 2.41 bits per heavy atom. The van der Waals surface area contributed by atoms with Crippen molar-refractivity contribution in [1.29, 1.82) is 0 Å². The average Bonchev–Trinajstić information content (AvgIpc) is 2.91. The van der Waals surface area contributed by atoms with Crippen LogP contribution in [0, 0.1) is 0 Å². The van der Waals surface area contributed by atoms with Gasteiger partial charge < -0.3 is 0 Å². The highest BCUT2D eigenvalue weighted by Crippen LogP contribution is 2.22. The summed E-state index contributed by atoms with van der Waals surface area (Å²) in [4.78, 5) is 0.325. The van der Waals surface area contributed by atoms with Gasteiger partial charge in [0.15, 0.2) is 0 Å². The highest BCUT2D eigenvalue weighted by atomic mass is 32.2. The maximum absolute atomic E-state index is 12.6. The molecule has 0 radical (unpaired) electrons. The summed E-state index contributed by atoms with van der Waals surface area (Å²) in [6, 6.07) is 7.19. The lowest BCUT2D eigenvalue weighted by molar-refractivity contribution is 0.466. The van der Waals surface area contributed by atoms with Crippen molar-refractivity contribution in [2.24, 2.45) is 7.05 Å². The Morgan fingerprint density at radius 2 is 1.91 bits per heavy atom. The molecule has 0 saturated heterocycles. The van der Waals surface area contributed by atoms with E-state index in [2.05, 4.69) is 18.9 Å². The molecule has 5 nitrogen and oxygen atoms in total. The number of rotatable bonds is 6. The zero-order chi connectivity index (χ0) is 16.3. The van der Waals surface area contributed by atoms with E-state index in [1.54, 1.807) is 30.1 Å². The summed E-state index contributed by atoms with van der Waals surface area (Å²) in [5.74, 6) is 0.435. The molecule has 1 atom stereocenters.